The van der Waals surface area contributed by atoms with Gasteiger partial charge in [-0.3, -0.25) is 23.9 Å². The van der Waals surface area contributed by atoms with Crippen molar-refractivity contribution >= 4 is 44.6 Å². The number of nitrogens with zero attached hydrogens (tertiary/aromatic N) is 2. The summed E-state index contributed by atoms with van der Waals surface area (Å²) in [7, 11) is -1.32. The highest BCUT2D eigenvalue weighted by Gasteiger charge is 2.64. The number of alkyl halides is 2. The lowest BCUT2D eigenvalue weighted by molar-refractivity contribution is -0.159. The van der Waals surface area contributed by atoms with Gasteiger partial charge in [-0.2, -0.15) is 0 Å². The Bertz CT molecular complexity index is 2160. The summed E-state index contributed by atoms with van der Waals surface area (Å²) in [4.78, 5) is 62.5. The lowest BCUT2D eigenvalue weighted by Crippen LogP contribution is -2.58. The number of ether oxygens (including phenoxy) is 4. The zero-order chi connectivity index (χ0) is 42.5. The number of hydrogen-bond donors (Lipinski definition) is 2. The summed E-state index contributed by atoms with van der Waals surface area (Å²) in [5.41, 5.74) is -3.51. The minimum Gasteiger partial charge on any atom is -0.497 e. The Morgan fingerprint density at radius 2 is 1.86 bits per heavy atom. The first-order valence-electron chi connectivity index (χ1n) is 20.4. The first-order valence-corrected chi connectivity index (χ1v) is 21.9. The number of methoxy groups -OCH3 is 2. The number of allylic oxidation sites excluding steroid dienone is 1. The van der Waals surface area contributed by atoms with Gasteiger partial charge in [-0.15, -0.1) is 0 Å². The number of carbonyl (C=O) groups is 4. The number of pyridine rings is 1. The summed E-state index contributed by atoms with van der Waals surface area (Å²) in [6.07, 6.45) is 4.62. The molecule has 2 N–H and O–H groups in total. The van der Waals surface area contributed by atoms with Crippen LogP contribution < -0.4 is 19.5 Å². The van der Waals surface area contributed by atoms with Crippen LogP contribution in [-0.4, -0.2) is 96.9 Å². The molecule has 4 heterocycles. The number of aryl methyl sites for hydroxylation is 1. The highest BCUT2D eigenvalue weighted by atomic mass is 32.2. The zero-order valence-corrected chi connectivity index (χ0v) is 35.1. The van der Waals surface area contributed by atoms with E-state index < -0.39 is 85.2 Å². The molecule has 5 atom stereocenters. The second-order valence-electron chi connectivity index (χ2n) is 17.8. The third-order valence-corrected chi connectivity index (χ3v) is 14.5. The third-order valence-electron chi connectivity index (χ3n) is 12.4. The van der Waals surface area contributed by atoms with Crippen molar-refractivity contribution < 1.29 is 55.3 Å². The predicted molar refractivity (Wildman–Crippen MR) is 211 cm³/mol. The van der Waals surface area contributed by atoms with E-state index in [0.29, 0.717) is 54.3 Å². The van der Waals surface area contributed by atoms with Gasteiger partial charge in [-0.25, -0.2) is 22.2 Å². The van der Waals surface area contributed by atoms with Crippen LogP contribution in [0.2, 0.25) is 0 Å². The molecule has 1 spiro atoms. The number of sulfonamides is 1. The molecule has 5 aliphatic rings. The van der Waals surface area contributed by atoms with Crippen molar-refractivity contribution in [2.45, 2.75) is 132 Å². The summed E-state index contributed by atoms with van der Waals surface area (Å²) < 4.78 is 80.3. The van der Waals surface area contributed by atoms with Gasteiger partial charge in [0.05, 0.1) is 32.2 Å². The Hall–Kier alpha value is -4.38. The summed E-state index contributed by atoms with van der Waals surface area (Å²) in [6.45, 7) is 4.91. The van der Waals surface area contributed by atoms with E-state index in [2.05, 4.69) is 15.0 Å². The maximum absolute atomic E-state index is 14.8. The van der Waals surface area contributed by atoms with E-state index in [1.807, 2.05) is 12.2 Å². The highest BCUT2D eigenvalue weighted by Crippen LogP contribution is 2.50. The number of nitrogens with one attached hydrogen (secondary N) is 2. The fourth-order valence-corrected chi connectivity index (χ4v) is 10.5. The number of fused-ring (bicyclic) bond motifs is 5. The van der Waals surface area contributed by atoms with Crippen LogP contribution in [0.4, 0.5) is 8.78 Å². The molecule has 3 fully saturated rings. The topological polar surface area (TPSA) is 180 Å². The van der Waals surface area contributed by atoms with Gasteiger partial charge in [-0.1, -0.05) is 25.0 Å². The van der Waals surface area contributed by atoms with Crippen LogP contribution in [0.5, 0.6) is 11.5 Å². The molecule has 3 amide bonds. The monoisotopic (exact) mass is 844 g/mol. The predicted octanol–water partition coefficient (Wildman–Crippen LogP) is 5.21. The second-order valence-corrected chi connectivity index (χ2v) is 19.9. The van der Waals surface area contributed by atoms with Crippen molar-refractivity contribution in [2.75, 3.05) is 27.4 Å². The van der Waals surface area contributed by atoms with E-state index in [9.17, 15) is 36.4 Å². The van der Waals surface area contributed by atoms with Crippen molar-refractivity contribution in [3.8, 4) is 11.5 Å². The largest absolute Gasteiger partial charge is 0.497 e. The standard InChI is InChI=1S/C42H54F2N4O10S/c1-39(2,3)57-32(49)19-25-11-9-7-6-8-10-12-26-21-42(26,38(52)47-59(53,54)41(17-18-41)24-55-4)46-36(50)31-22-40(23-48(31)37(25)51)16-15-28-29-20-27(56-5)13-14-30(29)45-33(35(43)44)34(28)58-40/h10,12-14,20,25-26,31,35H,6-9,11,15-19,21-24H2,1-5H3,(H,46,50)(H,47,52)/b12-10-/t25-,26-,31+,40-,42-/m1/s1. The molecule has 14 nitrogen and oxygen atoms in total. The maximum Gasteiger partial charge on any atom is 0.307 e. The van der Waals surface area contributed by atoms with Crippen LogP contribution in [-0.2, 0) is 45.1 Å². The zero-order valence-electron chi connectivity index (χ0n) is 34.2. The average Bonchev–Trinajstić information content (AvgIpc) is 4.07. The molecule has 59 heavy (non-hydrogen) atoms. The molecule has 0 radical (unpaired) electrons. The fraction of sp³-hybridized carbons (Fsp3) is 0.643. The molecule has 0 bridgehead atoms. The SMILES string of the molecule is COCC1(S(=O)(=O)NC(=O)[C@@]23C[C@H]2/C=C\CCCCC[C@H](CC(=O)OC(C)(C)C)C(=O)N2C[C@@]4(CCc5c(c(C(F)F)nc6ccc(OC)cc56)O4)C[C@H]2C(=O)N3)CC1. The minimum atomic E-state index is -4.20. The number of benzene rings is 1. The van der Waals surface area contributed by atoms with Crippen molar-refractivity contribution in [1.29, 1.82) is 0 Å². The highest BCUT2D eigenvalue weighted by molar-refractivity contribution is 7.91. The Labute approximate surface area is 343 Å². The van der Waals surface area contributed by atoms with Gasteiger partial charge in [-0.05, 0) is 90.3 Å². The molecule has 17 heteroatoms. The quantitative estimate of drug-likeness (QED) is 0.250. The number of esters is 1. The molecule has 3 aliphatic heterocycles. The normalized spacial score (nSPS) is 28.6. The van der Waals surface area contributed by atoms with Crippen molar-refractivity contribution in [2.24, 2.45) is 11.8 Å². The molecule has 1 aromatic heterocycles. The Kier molecular flexibility index (Phi) is 11.5. The van der Waals surface area contributed by atoms with Crippen LogP contribution in [0, 0.1) is 11.8 Å². The van der Waals surface area contributed by atoms with E-state index in [1.165, 1.54) is 19.1 Å². The van der Waals surface area contributed by atoms with Crippen LogP contribution >= 0.6 is 0 Å². The van der Waals surface area contributed by atoms with E-state index in [0.717, 1.165) is 12.8 Å². The van der Waals surface area contributed by atoms with Crippen molar-refractivity contribution in [1.82, 2.24) is 19.9 Å². The Morgan fingerprint density at radius 1 is 1.10 bits per heavy atom. The smallest absolute Gasteiger partial charge is 0.307 e. The molecular weight excluding hydrogens is 791 g/mol. The van der Waals surface area contributed by atoms with Crippen molar-refractivity contribution in [3.63, 3.8) is 0 Å². The average molecular weight is 845 g/mol. The van der Waals surface area contributed by atoms with Crippen LogP contribution in [0.1, 0.15) is 109 Å². The van der Waals surface area contributed by atoms with Crippen molar-refractivity contribution in [3.05, 3.63) is 41.6 Å². The minimum absolute atomic E-state index is 0.0980. The molecule has 2 aliphatic carbocycles. The molecule has 2 saturated carbocycles. The van der Waals surface area contributed by atoms with Gasteiger partial charge in [0.2, 0.25) is 21.8 Å². The molecule has 322 valence electrons. The maximum atomic E-state index is 14.8. The number of hydrogen-bond acceptors (Lipinski definition) is 11. The summed E-state index contributed by atoms with van der Waals surface area (Å²) in [5.74, 6) is -3.74. The van der Waals surface area contributed by atoms with Gasteiger partial charge in [0, 0.05) is 36.3 Å². The number of aromatic nitrogens is 1. The molecule has 0 unspecified atom stereocenters. The van der Waals surface area contributed by atoms with Crippen LogP contribution in [0.3, 0.4) is 0 Å². The van der Waals surface area contributed by atoms with E-state index in [-0.39, 0.29) is 51.0 Å². The molecule has 2 aromatic rings. The summed E-state index contributed by atoms with van der Waals surface area (Å²) in [5, 5.41) is 3.44. The molecule has 7 rings (SSSR count). The van der Waals surface area contributed by atoms with Crippen LogP contribution in [0.25, 0.3) is 10.9 Å². The first kappa shape index (κ1) is 42.7. The van der Waals surface area contributed by atoms with Gasteiger partial charge >= 0.3 is 5.97 Å². The van der Waals surface area contributed by atoms with Gasteiger partial charge in [0.1, 0.15) is 39.0 Å². The van der Waals surface area contributed by atoms with E-state index in [1.54, 1.807) is 39.0 Å². The Morgan fingerprint density at radius 3 is 2.54 bits per heavy atom. The van der Waals surface area contributed by atoms with Gasteiger partial charge < -0.3 is 29.2 Å². The van der Waals surface area contributed by atoms with Crippen LogP contribution in [0.15, 0.2) is 30.4 Å². The molecule has 1 saturated heterocycles. The molecular formula is C42H54F2N4O10S. The number of amides is 3. The second kappa shape index (κ2) is 15.9. The number of halogens is 2. The first-order chi connectivity index (χ1) is 27.9. The molecule has 1 aromatic carbocycles. The van der Waals surface area contributed by atoms with Gasteiger partial charge in [0.15, 0.2) is 5.75 Å². The van der Waals surface area contributed by atoms with E-state index >= 15 is 0 Å². The fourth-order valence-electron chi connectivity index (χ4n) is 8.96. The summed E-state index contributed by atoms with van der Waals surface area (Å²) in [6, 6.07) is 3.67. The van der Waals surface area contributed by atoms with Gasteiger partial charge in [0.25, 0.3) is 12.3 Å². The number of carbonyl (C=O) groups excluding carboxylic acids is 4. The lowest BCUT2D eigenvalue weighted by Gasteiger charge is -2.37. The van der Waals surface area contributed by atoms with E-state index in [4.69, 9.17) is 18.9 Å². The lowest BCUT2D eigenvalue weighted by atomic mass is 9.87. The number of rotatable bonds is 9. The Balaban J connectivity index is 1.25. The third kappa shape index (κ3) is 8.50. The summed E-state index contributed by atoms with van der Waals surface area (Å²) >= 11 is 0.